The summed E-state index contributed by atoms with van der Waals surface area (Å²) in [5.41, 5.74) is 7.03. The Morgan fingerprint density at radius 3 is 2.41 bits per heavy atom. The molecule has 3 heteroatoms. The second kappa shape index (κ2) is 7.02. The fraction of sp³-hybridized carbons (Fsp3) is 0.571. The number of rotatable bonds is 7. The predicted molar refractivity (Wildman–Crippen MR) is 79.4 cm³/mol. The van der Waals surface area contributed by atoms with Gasteiger partial charge in [-0.25, -0.2) is 0 Å². The molecule has 96 valence electrons. The molecular formula is C14H23BrN2. The highest BCUT2D eigenvalue weighted by molar-refractivity contribution is 9.10. The minimum absolute atomic E-state index is 0.00298. The van der Waals surface area contributed by atoms with Gasteiger partial charge in [0.2, 0.25) is 0 Å². The average Bonchev–Trinajstić information content (AvgIpc) is 2.33. The van der Waals surface area contributed by atoms with Crippen LogP contribution in [0.3, 0.4) is 0 Å². The lowest BCUT2D eigenvalue weighted by atomic mass is 9.94. The summed E-state index contributed by atoms with van der Waals surface area (Å²) < 4.78 is 1.10. The Balaban J connectivity index is 2.58. The molecule has 0 fully saturated rings. The second-order valence-electron chi connectivity index (χ2n) is 4.85. The van der Waals surface area contributed by atoms with E-state index < -0.39 is 0 Å². The van der Waals surface area contributed by atoms with Crippen molar-refractivity contribution in [3.8, 4) is 0 Å². The first-order valence-corrected chi connectivity index (χ1v) is 7.13. The maximum Gasteiger partial charge on any atom is 0.0467 e. The van der Waals surface area contributed by atoms with Crippen molar-refractivity contribution < 1.29 is 0 Å². The van der Waals surface area contributed by atoms with Crippen LogP contribution in [0.2, 0.25) is 0 Å². The summed E-state index contributed by atoms with van der Waals surface area (Å²) in [5.74, 6) is 0. The molecule has 0 saturated carbocycles. The fourth-order valence-corrected chi connectivity index (χ4v) is 2.13. The predicted octanol–water partition coefficient (Wildman–Crippen LogP) is 4.16. The molecule has 0 aliphatic rings. The van der Waals surface area contributed by atoms with Gasteiger partial charge < -0.3 is 11.1 Å². The van der Waals surface area contributed by atoms with E-state index in [1.54, 1.807) is 0 Å². The van der Waals surface area contributed by atoms with Crippen molar-refractivity contribution in [1.82, 2.24) is 0 Å². The van der Waals surface area contributed by atoms with Gasteiger partial charge in [-0.2, -0.15) is 0 Å². The van der Waals surface area contributed by atoms with E-state index in [1.165, 1.54) is 19.3 Å². The summed E-state index contributed by atoms with van der Waals surface area (Å²) in [6, 6.07) is 8.26. The number of halogens is 1. The first-order chi connectivity index (χ1) is 8.09. The van der Waals surface area contributed by atoms with Crippen LogP contribution in [0.5, 0.6) is 0 Å². The summed E-state index contributed by atoms with van der Waals surface area (Å²) in [7, 11) is 0. The maximum atomic E-state index is 5.90. The van der Waals surface area contributed by atoms with Crippen molar-refractivity contribution in [3.63, 3.8) is 0 Å². The topological polar surface area (TPSA) is 38.0 Å². The molecule has 1 aromatic rings. The molecule has 1 aromatic carbocycles. The summed E-state index contributed by atoms with van der Waals surface area (Å²) >= 11 is 3.44. The molecule has 3 N–H and O–H groups in total. The van der Waals surface area contributed by atoms with Crippen LogP contribution in [0, 0.1) is 0 Å². The zero-order chi connectivity index (χ0) is 12.7. The van der Waals surface area contributed by atoms with Gasteiger partial charge in [0.15, 0.2) is 0 Å². The Labute approximate surface area is 113 Å². The monoisotopic (exact) mass is 298 g/mol. The van der Waals surface area contributed by atoms with Gasteiger partial charge in [-0.05, 0) is 37.6 Å². The molecule has 1 unspecified atom stereocenters. The van der Waals surface area contributed by atoms with Crippen LogP contribution in [-0.2, 0) is 0 Å². The lowest BCUT2D eigenvalue weighted by Crippen LogP contribution is -2.42. The van der Waals surface area contributed by atoms with Gasteiger partial charge in [-0.3, -0.25) is 0 Å². The van der Waals surface area contributed by atoms with Crippen molar-refractivity contribution >= 4 is 21.6 Å². The van der Waals surface area contributed by atoms with Gasteiger partial charge in [0, 0.05) is 22.2 Å². The molecule has 0 heterocycles. The Kier molecular flexibility index (Phi) is 6.00. The van der Waals surface area contributed by atoms with Crippen molar-refractivity contribution in [1.29, 1.82) is 0 Å². The number of nitrogens with two attached hydrogens (primary N) is 1. The third-order valence-electron chi connectivity index (χ3n) is 3.07. The molecule has 1 rings (SSSR count). The Bertz CT molecular complexity index is 323. The van der Waals surface area contributed by atoms with Crippen LogP contribution >= 0.6 is 15.9 Å². The number of benzene rings is 1. The molecule has 0 amide bonds. The van der Waals surface area contributed by atoms with Crippen LogP contribution < -0.4 is 11.1 Å². The van der Waals surface area contributed by atoms with Crippen LogP contribution in [0.15, 0.2) is 28.7 Å². The highest BCUT2D eigenvalue weighted by atomic mass is 79.9. The lowest BCUT2D eigenvalue weighted by molar-refractivity contribution is 0.455. The van der Waals surface area contributed by atoms with E-state index in [0.29, 0.717) is 6.54 Å². The number of hydrogen-bond donors (Lipinski definition) is 2. The van der Waals surface area contributed by atoms with Gasteiger partial charge in [0.05, 0.1) is 0 Å². The van der Waals surface area contributed by atoms with Gasteiger partial charge in [-0.1, -0.05) is 42.1 Å². The van der Waals surface area contributed by atoms with Crippen LogP contribution in [0.1, 0.15) is 39.5 Å². The summed E-state index contributed by atoms with van der Waals surface area (Å²) in [4.78, 5) is 0. The van der Waals surface area contributed by atoms with Gasteiger partial charge >= 0.3 is 0 Å². The van der Waals surface area contributed by atoms with Gasteiger partial charge in [0.1, 0.15) is 0 Å². The van der Waals surface area contributed by atoms with Crippen molar-refractivity contribution in [2.24, 2.45) is 5.73 Å². The summed E-state index contributed by atoms with van der Waals surface area (Å²) in [5, 5.41) is 3.55. The standard InChI is InChI=1S/C14H23BrN2/c1-3-4-5-10-14(2,11-16)17-13-8-6-12(15)7-9-13/h6-9,17H,3-5,10-11,16H2,1-2H3. The normalized spacial score (nSPS) is 14.4. The van der Waals surface area contributed by atoms with E-state index in [9.17, 15) is 0 Å². The zero-order valence-electron chi connectivity index (χ0n) is 10.8. The molecule has 0 aromatic heterocycles. The van der Waals surface area contributed by atoms with E-state index in [0.717, 1.165) is 16.6 Å². The van der Waals surface area contributed by atoms with Crippen molar-refractivity contribution in [2.45, 2.75) is 45.1 Å². The Hall–Kier alpha value is -0.540. The zero-order valence-corrected chi connectivity index (χ0v) is 12.4. The first kappa shape index (κ1) is 14.5. The molecule has 0 saturated heterocycles. The lowest BCUT2D eigenvalue weighted by Gasteiger charge is -2.30. The first-order valence-electron chi connectivity index (χ1n) is 6.33. The maximum absolute atomic E-state index is 5.90. The van der Waals surface area contributed by atoms with Crippen molar-refractivity contribution in [2.75, 3.05) is 11.9 Å². The van der Waals surface area contributed by atoms with Crippen molar-refractivity contribution in [3.05, 3.63) is 28.7 Å². The second-order valence-corrected chi connectivity index (χ2v) is 5.77. The highest BCUT2D eigenvalue weighted by Crippen LogP contribution is 2.22. The smallest absolute Gasteiger partial charge is 0.0467 e. The van der Waals surface area contributed by atoms with Crippen LogP contribution in [0.4, 0.5) is 5.69 Å². The quantitative estimate of drug-likeness (QED) is 0.742. The van der Waals surface area contributed by atoms with Crippen LogP contribution in [0.25, 0.3) is 0 Å². The minimum Gasteiger partial charge on any atom is -0.379 e. The fourth-order valence-electron chi connectivity index (χ4n) is 1.86. The average molecular weight is 299 g/mol. The SMILES string of the molecule is CCCCCC(C)(CN)Nc1ccc(Br)cc1. The largest absolute Gasteiger partial charge is 0.379 e. The number of anilines is 1. The van der Waals surface area contributed by atoms with Gasteiger partial charge in [-0.15, -0.1) is 0 Å². The summed E-state index contributed by atoms with van der Waals surface area (Å²) in [6.07, 6.45) is 4.87. The number of hydrogen-bond acceptors (Lipinski definition) is 2. The highest BCUT2D eigenvalue weighted by Gasteiger charge is 2.21. The molecule has 0 aliphatic heterocycles. The van der Waals surface area contributed by atoms with E-state index in [4.69, 9.17) is 5.73 Å². The number of nitrogens with one attached hydrogen (secondary N) is 1. The Morgan fingerprint density at radius 2 is 1.88 bits per heavy atom. The third-order valence-corrected chi connectivity index (χ3v) is 3.60. The van der Waals surface area contributed by atoms with E-state index in [2.05, 4.69) is 47.2 Å². The van der Waals surface area contributed by atoms with E-state index >= 15 is 0 Å². The van der Waals surface area contributed by atoms with E-state index in [1.807, 2.05) is 12.1 Å². The van der Waals surface area contributed by atoms with Gasteiger partial charge in [0.25, 0.3) is 0 Å². The molecule has 0 radical (unpaired) electrons. The molecule has 0 aliphatic carbocycles. The summed E-state index contributed by atoms with van der Waals surface area (Å²) in [6.45, 7) is 5.08. The molecule has 0 bridgehead atoms. The minimum atomic E-state index is 0.00298. The molecule has 2 nitrogen and oxygen atoms in total. The molecule has 0 spiro atoms. The third kappa shape index (κ3) is 5.09. The molecule has 1 atom stereocenters. The Morgan fingerprint density at radius 1 is 1.24 bits per heavy atom. The number of unbranched alkanes of at least 4 members (excludes halogenated alkanes) is 2. The van der Waals surface area contributed by atoms with E-state index in [-0.39, 0.29) is 5.54 Å². The molecule has 17 heavy (non-hydrogen) atoms. The molecular weight excluding hydrogens is 276 g/mol. The van der Waals surface area contributed by atoms with Crippen LogP contribution in [-0.4, -0.2) is 12.1 Å².